The lowest BCUT2D eigenvalue weighted by atomic mass is 10.0. The summed E-state index contributed by atoms with van der Waals surface area (Å²) in [5.74, 6) is 1.83. The van der Waals surface area contributed by atoms with Crippen molar-refractivity contribution in [2.45, 2.75) is 0 Å². The molecule has 0 aliphatic heterocycles. The van der Waals surface area contributed by atoms with Crippen LogP contribution in [0.25, 0.3) is 81.5 Å². The molecule has 0 bridgehead atoms. The second-order valence-corrected chi connectivity index (χ2v) is 14.8. The number of rotatable bonds is 6. The van der Waals surface area contributed by atoms with Crippen molar-refractivity contribution < 1.29 is 0 Å². The third kappa shape index (κ3) is 5.34. The van der Waals surface area contributed by atoms with Gasteiger partial charge in [-0.15, -0.1) is 11.3 Å². The van der Waals surface area contributed by atoms with E-state index in [-0.39, 0.29) is 0 Å². The standard InChI is InChI=1S/C49H31N5S/c1-5-15-32(16-6-1)47-50-48(33-17-7-2-8-18-33)52-49(51-47)54-43-26-25-38(53(36-19-9-3-10-20-36)37-21-11-4-12-22-37)31-41(43)40-27-35-30-46-42(28-34(35)29-44(40)54)39-23-13-14-24-45(39)55-46/h1-31H. The number of hydrogen-bond donors (Lipinski definition) is 0. The van der Waals surface area contributed by atoms with Crippen LogP contribution in [0.2, 0.25) is 0 Å². The summed E-state index contributed by atoms with van der Waals surface area (Å²) in [6.45, 7) is 0. The van der Waals surface area contributed by atoms with Gasteiger partial charge in [-0.1, -0.05) is 115 Å². The lowest BCUT2D eigenvalue weighted by Crippen LogP contribution is -2.09. The first-order valence-electron chi connectivity index (χ1n) is 18.4. The molecule has 0 fully saturated rings. The van der Waals surface area contributed by atoms with Gasteiger partial charge in [0, 0.05) is 59.1 Å². The number of fused-ring (bicyclic) bond motifs is 7. The van der Waals surface area contributed by atoms with Crippen LogP contribution in [0.1, 0.15) is 0 Å². The van der Waals surface area contributed by atoms with Gasteiger partial charge < -0.3 is 4.90 Å². The summed E-state index contributed by atoms with van der Waals surface area (Å²) >= 11 is 1.85. The summed E-state index contributed by atoms with van der Waals surface area (Å²) in [6, 6.07) is 66.2. The monoisotopic (exact) mass is 721 g/mol. The van der Waals surface area contributed by atoms with Crippen molar-refractivity contribution in [2.24, 2.45) is 0 Å². The van der Waals surface area contributed by atoms with E-state index in [1.54, 1.807) is 0 Å². The van der Waals surface area contributed by atoms with Crippen molar-refractivity contribution in [3.05, 3.63) is 188 Å². The Morgan fingerprint density at radius 3 is 1.58 bits per heavy atom. The highest BCUT2D eigenvalue weighted by Crippen LogP contribution is 2.42. The predicted molar refractivity (Wildman–Crippen MR) is 230 cm³/mol. The van der Waals surface area contributed by atoms with Crippen molar-refractivity contribution in [3.8, 4) is 28.7 Å². The van der Waals surface area contributed by atoms with Gasteiger partial charge in [0.25, 0.3) is 0 Å². The van der Waals surface area contributed by atoms with E-state index in [1.165, 1.54) is 30.9 Å². The normalized spacial score (nSPS) is 11.6. The summed E-state index contributed by atoms with van der Waals surface area (Å²) in [5.41, 5.74) is 7.17. The molecule has 3 heterocycles. The maximum atomic E-state index is 5.22. The Bertz CT molecular complexity index is 3100. The van der Waals surface area contributed by atoms with E-state index in [0.29, 0.717) is 17.6 Å². The zero-order chi connectivity index (χ0) is 36.3. The molecule has 0 atom stereocenters. The summed E-state index contributed by atoms with van der Waals surface area (Å²) in [5, 5.41) is 7.18. The fourth-order valence-electron chi connectivity index (χ4n) is 7.83. The molecule has 0 N–H and O–H groups in total. The fraction of sp³-hybridized carbons (Fsp3) is 0. The molecule has 258 valence electrons. The number of anilines is 3. The Balaban J connectivity index is 1.22. The summed E-state index contributed by atoms with van der Waals surface area (Å²) < 4.78 is 4.81. The van der Waals surface area contributed by atoms with Crippen LogP contribution in [0, 0.1) is 0 Å². The molecule has 6 heteroatoms. The highest BCUT2D eigenvalue weighted by atomic mass is 32.1. The number of benzene rings is 8. The molecule has 55 heavy (non-hydrogen) atoms. The van der Waals surface area contributed by atoms with Gasteiger partial charge in [0.05, 0.1) is 11.0 Å². The number of thiophene rings is 1. The number of aromatic nitrogens is 4. The van der Waals surface area contributed by atoms with E-state index in [2.05, 4.69) is 161 Å². The van der Waals surface area contributed by atoms with Gasteiger partial charge in [-0.3, -0.25) is 4.57 Å². The molecule has 8 aromatic carbocycles. The van der Waals surface area contributed by atoms with Crippen LogP contribution < -0.4 is 4.90 Å². The molecule has 0 unspecified atom stereocenters. The minimum Gasteiger partial charge on any atom is -0.310 e. The van der Waals surface area contributed by atoms with Crippen LogP contribution in [0.15, 0.2) is 188 Å². The van der Waals surface area contributed by atoms with Crippen molar-refractivity contribution in [3.63, 3.8) is 0 Å². The molecule has 0 amide bonds. The van der Waals surface area contributed by atoms with E-state index >= 15 is 0 Å². The third-order valence-electron chi connectivity index (χ3n) is 10.4. The highest BCUT2D eigenvalue weighted by molar-refractivity contribution is 7.25. The molecule has 0 aliphatic rings. The van der Waals surface area contributed by atoms with Crippen LogP contribution in [0.4, 0.5) is 17.1 Å². The second kappa shape index (κ2) is 12.8. The fourth-order valence-corrected chi connectivity index (χ4v) is 8.96. The van der Waals surface area contributed by atoms with Crippen molar-refractivity contribution in [2.75, 3.05) is 4.90 Å². The molecule has 0 radical (unpaired) electrons. The quantitative estimate of drug-likeness (QED) is 0.171. The Morgan fingerprint density at radius 1 is 0.382 bits per heavy atom. The van der Waals surface area contributed by atoms with Gasteiger partial charge in [-0.05, 0) is 83.6 Å². The van der Waals surface area contributed by atoms with Crippen molar-refractivity contribution >= 4 is 81.1 Å². The lowest BCUT2D eigenvalue weighted by Gasteiger charge is -2.25. The second-order valence-electron chi connectivity index (χ2n) is 13.7. The summed E-state index contributed by atoms with van der Waals surface area (Å²) in [6.07, 6.45) is 0. The maximum Gasteiger partial charge on any atom is 0.238 e. The molecular formula is C49H31N5S. The minimum absolute atomic E-state index is 0.574. The molecule has 0 spiro atoms. The Labute approximate surface area is 321 Å². The van der Waals surface area contributed by atoms with E-state index in [4.69, 9.17) is 15.0 Å². The van der Waals surface area contributed by atoms with Crippen LogP contribution >= 0.6 is 11.3 Å². The first-order valence-corrected chi connectivity index (χ1v) is 19.2. The minimum atomic E-state index is 0.574. The lowest BCUT2D eigenvalue weighted by molar-refractivity contribution is 0.954. The average Bonchev–Trinajstić information content (AvgIpc) is 3.77. The first-order chi connectivity index (χ1) is 27.2. The smallest absolute Gasteiger partial charge is 0.238 e. The van der Waals surface area contributed by atoms with Gasteiger partial charge in [-0.2, -0.15) is 9.97 Å². The zero-order valence-electron chi connectivity index (χ0n) is 29.5. The van der Waals surface area contributed by atoms with Gasteiger partial charge in [0.1, 0.15) is 0 Å². The number of hydrogen-bond acceptors (Lipinski definition) is 5. The molecule has 11 aromatic rings. The van der Waals surface area contributed by atoms with Gasteiger partial charge in [-0.25, -0.2) is 4.98 Å². The van der Waals surface area contributed by atoms with Crippen LogP contribution in [0.3, 0.4) is 0 Å². The van der Waals surface area contributed by atoms with E-state index in [1.807, 2.05) is 47.7 Å². The molecule has 5 nitrogen and oxygen atoms in total. The van der Waals surface area contributed by atoms with Crippen molar-refractivity contribution in [1.29, 1.82) is 0 Å². The molecule has 3 aromatic heterocycles. The first kappa shape index (κ1) is 31.4. The number of nitrogens with zero attached hydrogens (tertiary/aromatic N) is 5. The summed E-state index contributed by atoms with van der Waals surface area (Å²) in [7, 11) is 0. The van der Waals surface area contributed by atoms with Crippen LogP contribution in [-0.2, 0) is 0 Å². The molecule has 0 saturated heterocycles. The Kier molecular flexibility index (Phi) is 7.28. The van der Waals surface area contributed by atoms with Crippen molar-refractivity contribution in [1.82, 2.24) is 19.5 Å². The Hall–Kier alpha value is -7.15. The van der Waals surface area contributed by atoms with E-state index in [9.17, 15) is 0 Å². The summed E-state index contributed by atoms with van der Waals surface area (Å²) in [4.78, 5) is 17.8. The Morgan fingerprint density at radius 2 is 0.927 bits per heavy atom. The molecule has 11 rings (SSSR count). The van der Waals surface area contributed by atoms with Gasteiger partial charge in [0.2, 0.25) is 5.95 Å². The average molecular weight is 722 g/mol. The topological polar surface area (TPSA) is 46.8 Å². The predicted octanol–water partition coefficient (Wildman–Crippen LogP) is 13.3. The largest absolute Gasteiger partial charge is 0.310 e. The third-order valence-corrected chi connectivity index (χ3v) is 11.5. The molecule has 0 saturated carbocycles. The van der Waals surface area contributed by atoms with E-state index in [0.717, 1.165) is 50.0 Å². The van der Waals surface area contributed by atoms with E-state index < -0.39 is 0 Å². The van der Waals surface area contributed by atoms with Gasteiger partial charge >= 0.3 is 0 Å². The molecule has 0 aliphatic carbocycles. The van der Waals surface area contributed by atoms with Crippen LogP contribution in [-0.4, -0.2) is 19.5 Å². The SMILES string of the molecule is c1ccc(-c2nc(-c3ccccc3)nc(-n3c4ccc(N(c5ccccc5)c5ccccc5)cc4c4cc5cc6sc7ccccc7c6cc5cc43)n2)cc1. The van der Waals surface area contributed by atoms with Gasteiger partial charge in [0.15, 0.2) is 11.6 Å². The highest BCUT2D eigenvalue weighted by Gasteiger charge is 2.21. The van der Waals surface area contributed by atoms with Crippen LogP contribution in [0.5, 0.6) is 0 Å². The maximum absolute atomic E-state index is 5.22. The zero-order valence-corrected chi connectivity index (χ0v) is 30.4. The number of para-hydroxylation sites is 2. The molecular weight excluding hydrogens is 691 g/mol.